The molecule has 5 nitrogen and oxygen atoms in total. The number of hydrogen-bond donors (Lipinski definition) is 2. The Balaban J connectivity index is 1.95. The summed E-state index contributed by atoms with van der Waals surface area (Å²) in [5.74, 6) is -1.64. The van der Waals surface area contributed by atoms with E-state index < -0.39 is 11.9 Å². The number of amides is 1. The molecular formula is C13H14Cl2N2O3. The average molecular weight is 317 g/mol. The van der Waals surface area contributed by atoms with Gasteiger partial charge < -0.3 is 15.4 Å². The molecule has 1 aliphatic carbocycles. The van der Waals surface area contributed by atoms with Crippen LogP contribution in [0.2, 0.25) is 10.0 Å². The van der Waals surface area contributed by atoms with E-state index in [1.807, 2.05) is 0 Å². The van der Waals surface area contributed by atoms with Crippen LogP contribution in [0.3, 0.4) is 0 Å². The maximum absolute atomic E-state index is 11.4. The van der Waals surface area contributed by atoms with Crippen molar-refractivity contribution in [2.24, 2.45) is 0 Å². The Morgan fingerprint density at radius 3 is 2.35 bits per heavy atom. The van der Waals surface area contributed by atoms with Crippen LogP contribution in [0.15, 0.2) is 18.2 Å². The lowest BCUT2D eigenvalue weighted by atomic mass is 10.2. The first-order valence-electron chi connectivity index (χ1n) is 6.04. The zero-order valence-corrected chi connectivity index (χ0v) is 12.3. The van der Waals surface area contributed by atoms with Gasteiger partial charge in [0.1, 0.15) is 0 Å². The zero-order valence-electron chi connectivity index (χ0n) is 10.8. The number of anilines is 1. The highest BCUT2D eigenvalue weighted by atomic mass is 35.5. The van der Waals surface area contributed by atoms with Gasteiger partial charge in [0.25, 0.3) is 0 Å². The van der Waals surface area contributed by atoms with Crippen LogP contribution < -0.4 is 10.6 Å². The van der Waals surface area contributed by atoms with Crippen LogP contribution in [0.1, 0.15) is 12.8 Å². The Morgan fingerprint density at radius 1 is 1.25 bits per heavy atom. The molecule has 2 rings (SSSR count). The van der Waals surface area contributed by atoms with E-state index in [-0.39, 0.29) is 5.54 Å². The number of carbonyl (C=O) groups is 2. The van der Waals surface area contributed by atoms with Crippen LogP contribution in [-0.2, 0) is 14.3 Å². The van der Waals surface area contributed by atoms with Gasteiger partial charge in [-0.3, -0.25) is 4.79 Å². The lowest BCUT2D eigenvalue weighted by Gasteiger charge is -2.19. The number of nitrogens with one attached hydrogen (secondary N) is 2. The quantitative estimate of drug-likeness (QED) is 0.660. The van der Waals surface area contributed by atoms with Gasteiger partial charge in [-0.05, 0) is 31.0 Å². The van der Waals surface area contributed by atoms with Crippen LogP contribution in [0.5, 0.6) is 0 Å². The second-order valence-corrected chi connectivity index (χ2v) is 5.61. The van der Waals surface area contributed by atoms with Crippen molar-refractivity contribution < 1.29 is 14.3 Å². The second-order valence-electron chi connectivity index (χ2n) is 4.74. The van der Waals surface area contributed by atoms with E-state index in [1.165, 1.54) is 7.11 Å². The van der Waals surface area contributed by atoms with E-state index in [2.05, 4.69) is 15.4 Å². The van der Waals surface area contributed by atoms with Crippen molar-refractivity contribution >= 4 is 40.8 Å². The maximum atomic E-state index is 11.4. The summed E-state index contributed by atoms with van der Waals surface area (Å²) in [5.41, 5.74) is 0.532. The number of benzene rings is 1. The number of methoxy groups -OCH3 is 1. The van der Waals surface area contributed by atoms with Crippen LogP contribution in [0, 0.1) is 0 Å². The first-order valence-corrected chi connectivity index (χ1v) is 6.80. The van der Waals surface area contributed by atoms with Gasteiger partial charge in [-0.1, -0.05) is 23.2 Å². The third kappa shape index (κ3) is 3.77. The minimum absolute atomic E-state index is 0.252. The molecule has 1 amide bonds. The minimum atomic E-state index is -0.897. The fourth-order valence-electron chi connectivity index (χ4n) is 1.84. The molecule has 1 aromatic rings. The second kappa shape index (κ2) is 5.89. The highest BCUT2D eigenvalue weighted by molar-refractivity contribution is 6.35. The summed E-state index contributed by atoms with van der Waals surface area (Å²) in [5, 5.41) is 6.90. The Kier molecular flexibility index (Phi) is 4.40. The summed E-state index contributed by atoms with van der Waals surface area (Å²) in [7, 11) is 1.17. The number of halogens is 2. The van der Waals surface area contributed by atoms with Crippen molar-refractivity contribution in [1.82, 2.24) is 5.32 Å². The first-order chi connectivity index (χ1) is 9.44. The third-order valence-corrected chi connectivity index (χ3v) is 3.52. The molecule has 1 fully saturated rings. The van der Waals surface area contributed by atoms with Crippen molar-refractivity contribution in [2.45, 2.75) is 18.4 Å². The molecule has 0 aromatic heterocycles. The molecule has 0 radical (unpaired) electrons. The molecule has 7 heteroatoms. The number of ether oxygens (including phenoxy) is 1. The van der Waals surface area contributed by atoms with Crippen molar-refractivity contribution in [3.63, 3.8) is 0 Å². The molecule has 1 aliphatic rings. The third-order valence-electron chi connectivity index (χ3n) is 3.08. The molecule has 2 N–H and O–H groups in total. The molecule has 0 spiro atoms. The molecule has 0 aliphatic heterocycles. The predicted octanol–water partition coefficient (Wildman–Crippen LogP) is 2.23. The van der Waals surface area contributed by atoms with E-state index in [0.717, 1.165) is 18.5 Å². The lowest BCUT2D eigenvalue weighted by molar-refractivity contribution is -0.152. The van der Waals surface area contributed by atoms with E-state index in [9.17, 15) is 9.59 Å². The van der Waals surface area contributed by atoms with Crippen LogP contribution in [0.4, 0.5) is 5.69 Å². The van der Waals surface area contributed by atoms with Gasteiger partial charge >= 0.3 is 11.9 Å². The Morgan fingerprint density at radius 2 is 1.85 bits per heavy atom. The van der Waals surface area contributed by atoms with E-state index in [1.54, 1.807) is 18.2 Å². The summed E-state index contributed by atoms with van der Waals surface area (Å²) in [4.78, 5) is 22.4. The Bertz CT molecular complexity index is 524. The fourth-order valence-corrected chi connectivity index (χ4v) is 2.37. The fraction of sp³-hybridized carbons (Fsp3) is 0.385. The highest BCUT2D eigenvalue weighted by Crippen LogP contribution is 2.39. The molecule has 108 valence electrons. The van der Waals surface area contributed by atoms with Crippen LogP contribution in [0.25, 0.3) is 0 Å². The van der Waals surface area contributed by atoms with Gasteiger partial charge in [-0.25, -0.2) is 4.79 Å². The first kappa shape index (κ1) is 14.9. The normalized spacial score (nSPS) is 15.3. The molecule has 0 saturated heterocycles. The smallest absolute Gasteiger partial charge is 0.396 e. The van der Waals surface area contributed by atoms with Crippen LogP contribution in [-0.4, -0.2) is 31.1 Å². The van der Waals surface area contributed by atoms with Crippen molar-refractivity contribution in [2.75, 3.05) is 19.0 Å². The standard InChI is InChI=1S/C13H14Cl2N2O3/c1-20-12(19)11(18)16-7-13(2-3-13)17-10-5-8(14)4-9(15)6-10/h4-6,17H,2-3,7H2,1H3,(H,16,18). The summed E-state index contributed by atoms with van der Waals surface area (Å²) in [6.07, 6.45) is 1.77. The molecule has 0 unspecified atom stereocenters. The number of esters is 1. The summed E-state index contributed by atoms with van der Waals surface area (Å²) < 4.78 is 4.34. The molecular weight excluding hydrogens is 303 g/mol. The van der Waals surface area contributed by atoms with Gasteiger partial charge in [-0.2, -0.15) is 0 Å². The average Bonchev–Trinajstić information content (AvgIpc) is 3.14. The number of rotatable bonds is 4. The highest BCUT2D eigenvalue weighted by Gasteiger charge is 2.43. The Labute approximate surface area is 126 Å². The number of hydrogen-bond acceptors (Lipinski definition) is 4. The van der Waals surface area contributed by atoms with Gasteiger partial charge in [0.05, 0.1) is 12.6 Å². The minimum Gasteiger partial charge on any atom is -0.462 e. The van der Waals surface area contributed by atoms with Crippen LogP contribution >= 0.6 is 23.2 Å². The van der Waals surface area contributed by atoms with Crippen molar-refractivity contribution in [3.8, 4) is 0 Å². The zero-order chi connectivity index (χ0) is 14.8. The largest absolute Gasteiger partial charge is 0.462 e. The van der Waals surface area contributed by atoms with Crippen molar-refractivity contribution in [3.05, 3.63) is 28.2 Å². The lowest BCUT2D eigenvalue weighted by Crippen LogP contribution is -2.41. The van der Waals surface area contributed by atoms with E-state index >= 15 is 0 Å². The molecule has 0 heterocycles. The van der Waals surface area contributed by atoms with Gasteiger partial charge in [0.2, 0.25) is 0 Å². The predicted molar refractivity (Wildman–Crippen MR) is 77.1 cm³/mol. The SMILES string of the molecule is COC(=O)C(=O)NCC1(Nc2cc(Cl)cc(Cl)c2)CC1. The summed E-state index contributed by atoms with van der Waals surface area (Å²) in [6.45, 7) is 0.338. The maximum Gasteiger partial charge on any atom is 0.396 e. The number of carbonyl (C=O) groups excluding carboxylic acids is 2. The monoisotopic (exact) mass is 316 g/mol. The molecule has 0 bridgehead atoms. The van der Waals surface area contributed by atoms with Gasteiger partial charge in [0.15, 0.2) is 0 Å². The summed E-state index contributed by atoms with van der Waals surface area (Å²) >= 11 is 11.9. The van der Waals surface area contributed by atoms with Gasteiger partial charge in [-0.15, -0.1) is 0 Å². The molecule has 1 saturated carbocycles. The molecule has 1 aromatic carbocycles. The molecule has 20 heavy (non-hydrogen) atoms. The molecule has 0 atom stereocenters. The van der Waals surface area contributed by atoms with E-state index in [4.69, 9.17) is 23.2 Å². The summed E-state index contributed by atoms with van der Waals surface area (Å²) in [6, 6.07) is 5.16. The van der Waals surface area contributed by atoms with E-state index in [0.29, 0.717) is 16.6 Å². The van der Waals surface area contributed by atoms with Crippen molar-refractivity contribution in [1.29, 1.82) is 0 Å². The Hall–Kier alpha value is -1.46. The van der Waals surface area contributed by atoms with Gasteiger partial charge in [0, 0.05) is 22.3 Å². The topological polar surface area (TPSA) is 67.4 Å².